The van der Waals surface area contributed by atoms with Crippen molar-refractivity contribution in [2.75, 3.05) is 20.6 Å². The molecule has 0 saturated carbocycles. The van der Waals surface area contributed by atoms with Gasteiger partial charge in [0.05, 0.1) is 12.6 Å². The molecule has 1 aromatic rings. The van der Waals surface area contributed by atoms with E-state index in [1.54, 1.807) is 6.92 Å². The van der Waals surface area contributed by atoms with E-state index < -0.39 is 62.1 Å². The number of rotatable bonds is 24. The molecule has 0 saturated heterocycles. The van der Waals surface area contributed by atoms with Crippen molar-refractivity contribution in [2.45, 2.75) is 170 Å². The van der Waals surface area contributed by atoms with E-state index in [0.29, 0.717) is 24.3 Å². The van der Waals surface area contributed by atoms with Gasteiger partial charge in [0.15, 0.2) is 20.2 Å². The molecule has 13 heteroatoms. The third-order valence-corrected chi connectivity index (χ3v) is 16.0. The monoisotopic (exact) mass is 843 g/mol. The van der Waals surface area contributed by atoms with E-state index in [4.69, 9.17) is 9.16 Å². The number of esters is 1. The molecule has 0 fully saturated rings. The molecule has 0 bridgehead atoms. The van der Waals surface area contributed by atoms with Crippen LogP contribution in [-0.4, -0.2) is 104 Å². The molecular formula is C46H78N4O8Si. The first-order valence-corrected chi connectivity index (χ1v) is 24.4. The van der Waals surface area contributed by atoms with Gasteiger partial charge in [-0.25, -0.2) is 4.79 Å². The summed E-state index contributed by atoms with van der Waals surface area (Å²) in [6.07, 6.45) is 4.26. The van der Waals surface area contributed by atoms with Crippen LogP contribution >= 0.6 is 0 Å². The zero-order valence-electron chi connectivity index (χ0n) is 39.2. The minimum atomic E-state index is -1.94. The lowest BCUT2D eigenvalue weighted by Gasteiger charge is -2.40. The maximum atomic E-state index is 14.0. The molecule has 0 aliphatic carbocycles. The smallest absolute Gasteiger partial charge is 0.334 e. The summed E-state index contributed by atoms with van der Waals surface area (Å²) in [7, 11) is 1.03. The molecule has 2 N–H and O–H groups in total. The van der Waals surface area contributed by atoms with Crippen LogP contribution in [0.1, 0.15) is 121 Å². The van der Waals surface area contributed by atoms with E-state index in [0.717, 1.165) is 18.4 Å². The van der Waals surface area contributed by atoms with Crippen molar-refractivity contribution in [1.29, 1.82) is 0 Å². The van der Waals surface area contributed by atoms with Crippen LogP contribution in [0.4, 0.5) is 0 Å². The van der Waals surface area contributed by atoms with Gasteiger partial charge in [-0.05, 0) is 87.9 Å². The summed E-state index contributed by atoms with van der Waals surface area (Å²) in [5.41, 5.74) is 1.19. The van der Waals surface area contributed by atoms with Gasteiger partial charge in [0.25, 0.3) is 5.91 Å². The van der Waals surface area contributed by atoms with Crippen LogP contribution in [0.5, 0.6) is 0 Å². The maximum Gasteiger partial charge on any atom is 0.334 e. The molecule has 0 aliphatic rings. The maximum absolute atomic E-state index is 14.0. The third-order valence-electron chi connectivity index (χ3n) is 11.5. The SMILES string of the molecule is CCC(C)[C@H](NC(=O)CN(C)C(=O)[C@@H](Cc1ccccc1)N(C)C(=O)[C@H](C)NC(=O)[C@@H](CC(C)C)OC(=O)/C(C)=C/CCCC(O[Si](C)(C)C(C)(C)C)C(C)C)C(C)=O. The highest BCUT2D eigenvalue weighted by molar-refractivity contribution is 6.74. The fraction of sp³-hybridized carbons (Fsp3) is 0.696. The summed E-state index contributed by atoms with van der Waals surface area (Å²) >= 11 is 0. The molecule has 6 atom stereocenters. The minimum absolute atomic E-state index is 0.00176. The fourth-order valence-electron chi connectivity index (χ4n) is 6.36. The van der Waals surface area contributed by atoms with Crippen molar-refractivity contribution < 1.29 is 37.9 Å². The Bertz CT molecular complexity index is 1570. The van der Waals surface area contributed by atoms with Gasteiger partial charge < -0.3 is 29.6 Å². The molecule has 1 rings (SSSR count). The van der Waals surface area contributed by atoms with Gasteiger partial charge in [0, 0.05) is 32.2 Å². The highest BCUT2D eigenvalue weighted by atomic mass is 28.4. The summed E-state index contributed by atoms with van der Waals surface area (Å²) < 4.78 is 12.5. The van der Waals surface area contributed by atoms with E-state index in [9.17, 15) is 28.8 Å². The highest BCUT2D eigenvalue weighted by Gasteiger charge is 2.40. The molecule has 334 valence electrons. The molecule has 12 nitrogen and oxygen atoms in total. The minimum Gasteiger partial charge on any atom is -0.449 e. The summed E-state index contributed by atoms with van der Waals surface area (Å²) in [5, 5.41) is 5.59. The Balaban J connectivity index is 3.10. The number of benzene rings is 1. The number of carbonyl (C=O) groups is 6. The highest BCUT2D eigenvalue weighted by Crippen LogP contribution is 2.38. The molecule has 0 spiro atoms. The summed E-state index contributed by atoms with van der Waals surface area (Å²) in [5.74, 6) is -2.62. The van der Waals surface area contributed by atoms with E-state index in [1.807, 2.05) is 64.1 Å². The number of hydrogen-bond donors (Lipinski definition) is 2. The number of hydrogen-bond acceptors (Lipinski definition) is 8. The van der Waals surface area contributed by atoms with Crippen LogP contribution in [-0.2, 0) is 44.4 Å². The van der Waals surface area contributed by atoms with E-state index in [1.165, 1.54) is 37.7 Å². The van der Waals surface area contributed by atoms with Gasteiger partial charge in [0.1, 0.15) is 12.1 Å². The molecule has 2 unspecified atom stereocenters. The lowest BCUT2D eigenvalue weighted by molar-refractivity contribution is -0.154. The number of unbranched alkanes of at least 4 members (excludes halogenated alkanes) is 1. The second-order valence-electron chi connectivity index (χ2n) is 18.6. The largest absolute Gasteiger partial charge is 0.449 e. The third kappa shape index (κ3) is 17.7. The second-order valence-corrected chi connectivity index (χ2v) is 23.4. The molecule has 0 aromatic heterocycles. The Hall–Kier alpha value is -3.84. The van der Waals surface area contributed by atoms with E-state index in [2.05, 4.69) is 58.3 Å². The van der Waals surface area contributed by atoms with Crippen LogP contribution in [0.3, 0.4) is 0 Å². The summed E-state index contributed by atoms with van der Waals surface area (Å²) in [6, 6.07) is 6.41. The number of carbonyl (C=O) groups excluding carboxylic acids is 6. The van der Waals surface area contributed by atoms with Crippen LogP contribution in [0.15, 0.2) is 42.0 Å². The van der Waals surface area contributed by atoms with Gasteiger partial charge in [0.2, 0.25) is 17.7 Å². The van der Waals surface area contributed by atoms with Crippen LogP contribution in [0.2, 0.25) is 18.1 Å². The molecule has 0 radical (unpaired) electrons. The number of allylic oxidation sites excluding steroid dienone is 1. The Labute approximate surface area is 357 Å². The van der Waals surface area contributed by atoms with Gasteiger partial charge >= 0.3 is 5.97 Å². The average Bonchev–Trinajstić information content (AvgIpc) is 3.14. The van der Waals surface area contributed by atoms with Crippen LogP contribution in [0.25, 0.3) is 0 Å². The first kappa shape index (κ1) is 53.2. The van der Waals surface area contributed by atoms with Crippen molar-refractivity contribution in [2.24, 2.45) is 17.8 Å². The standard InChI is InChI=1S/C46H78N4O8Si/c1-17-32(6)41(35(9)51)48-40(52)29-49(13)44(55)37(28-36-24-19-18-20-25-36)50(14)43(54)34(8)47-42(53)39(27-30(2)3)57-45(56)33(7)23-21-22-26-38(31(4)5)58-59(15,16)46(10,11)12/h18-20,23-25,30-32,34,37-39,41H,17,21-22,26-29H2,1-16H3,(H,47,53)(H,48,52)/b33-23+/t32?,34-,37+,38?,39+,41-/m0/s1. The Morgan fingerprint density at radius 3 is 1.98 bits per heavy atom. The first-order valence-electron chi connectivity index (χ1n) is 21.4. The van der Waals surface area contributed by atoms with Gasteiger partial charge in [-0.15, -0.1) is 0 Å². The van der Waals surface area contributed by atoms with E-state index in [-0.39, 0.29) is 48.1 Å². The zero-order valence-corrected chi connectivity index (χ0v) is 40.2. The number of ketones is 1. The van der Waals surface area contributed by atoms with Crippen molar-refractivity contribution in [3.63, 3.8) is 0 Å². The lowest BCUT2D eigenvalue weighted by atomic mass is 9.96. The predicted octanol–water partition coefficient (Wildman–Crippen LogP) is 7.26. The second kappa shape index (κ2) is 24.4. The Morgan fingerprint density at radius 1 is 0.881 bits per heavy atom. The predicted molar refractivity (Wildman–Crippen MR) is 238 cm³/mol. The van der Waals surface area contributed by atoms with Gasteiger partial charge in [-0.1, -0.05) is 105 Å². The molecule has 0 aliphatic heterocycles. The molecular weight excluding hydrogens is 765 g/mol. The van der Waals surface area contributed by atoms with Crippen molar-refractivity contribution in [3.05, 3.63) is 47.5 Å². The number of Topliss-reactive ketones (excluding diaryl/α,β-unsaturated/α-hetero) is 1. The van der Waals surface area contributed by atoms with Gasteiger partial charge in [-0.2, -0.15) is 0 Å². The molecule has 59 heavy (non-hydrogen) atoms. The summed E-state index contributed by atoms with van der Waals surface area (Å²) in [4.78, 5) is 82.6. The topological polar surface area (TPSA) is 151 Å². The number of nitrogens with zero attached hydrogens (tertiary/aromatic N) is 2. The van der Waals surface area contributed by atoms with Crippen molar-refractivity contribution in [3.8, 4) is 0 Å². The normalized spacial score (nSPS) is 15.4. The summed E-state index contributed by atoms with van der Waals surface area (Å²) in [6.45, 7) is 27.5. The van der Waals surface area contributed by atoms with Gasteiger partial charge in [-0.3, -0.25) is 24.0 Å². The van der Waals surface area contributed by atoms with Crippen molar-refractivity contribution in [1.82, 2.24) is 20.4 Å². The van der Waals surface area contributed by atoms with Crippen LogP contribution in [0, 0.1) is 17.8 Å². The fourth-order valence-corrected chi connectivity index (χ4v) is 7.87. The number of nitrogens with one attached hydrogen (secondary N) is 2. The lowest BCUT2D eigenvalue weighted by Crippen LogP contribution is -2.56. The van der Waals surface area contributed by atoms with Crippen LogP contribution < -0.4 is 10.6 Å². The van der Waals surface area contributed by atoms with E-state index >= 15 is 0 Å². The zero-order chi connectivity index (χ0) is 45.4. The molecule has 1 aromatic carbocycles. The molecule has 4 amide bonds. The number of ether oxygens (including phenoxy) is 1. The molecule has 0 heterocycles. The van der Waals surface area contributed by atoms with Crippen molar-refractivity contribution >= 4 is 43.7 Å². The number of amides is 4. The number of likely N-dealkylation sites (N-methyl/N-ethyl adjacent to an activating group) is 2. The Morgan fingerprint density at radius 2 is 1.47 bits per heavy atom. The average molecular weight is 843 g/mol. The first-order chi connectivity index (χ1) is 27.2. The Kier molecular flexibility index (Phi) is 22.0. The quantitative estimate of drug-likeness (QED) is 0.0478.